The number of hydrogen-bond acceptors (Lipinski definition) is 2. The molecule has 0 bridgehead atoms. The Morgan fingerprint density at radius 2 is 1.76 bits per heavy atom. The minimum Gasteiger partial charge on any atom is -0.489 e. The van der Waals surface area contributed by atoms with Crippen molar-refractivity contribution >= 4 is 10.9 Å². The molecule has 106 valence electrons. The van der Waals surface area contributed by atoms with Crippen molar-refractivity contribution in [2.24, 2.45) is 0 Å². The smallest absolute Gasteiger partial charge is 0.119 e. The summed E-state index contributed by atoms with van der Waals surface area (Å²) in [5, 5.41) is 1.17. The second kappa shape index (κ2) is 5.96. The van der Waals surface area contributed by atoms with Crippen LogP contribution in [0.5, 0.6) is 5.75 Å². The van der Waals surface area contributed by atoms with Crippen LogP contribution >= 0.6 is 0 Å². The predicted molar refractivity (Wildman–Crippen MR) is 86.6 cm³/mol. The number of pyridine rings is 1. The van der Waals surface area contributed by atoms with Crippen molar-refractivity contribution < 1.29 is 4.74 Å². The molecule has 21 heavy (non-hydrogen) atoms. The van der Waals surface area contributed by atoms with Gasteiger partial charge in [-0.15, -0.1) is 0 Å². The van der Waals surface area contributed by atoms with Gasteiger partial charge in [-0.2, -0.15) is 0 Å². The molecule has 1 heterocycles. The zero-order valence-corrected chi connectivity index (χ0v) is 12.5. The van der Waals surface area contributed by atoms with E-state index in [2.05, 4.69) is 49.2 Å². The fourth-order valence-corrected chi connectivity index (χ4v) is 2.40. The van der Waals surface area contributed by atoms with E-state index in [-0.39, 0.29) is 0 Å². The van der Waals surface area contributed by atoms with E-state index in [4.69, 9.17) is 4.74 Å². The molecule has 0 unspecified atom stereocenters. The van der Waals surface area contributed by atoms with E-state index in [9.17, 15) is 0 Å². The number of para-hydroxylation sites is 1. The number of benzene rings is 2. The molecule has 0 saturated carbocycles. The standard InChI is InChI=1S/C19H19NO/c1-3-16-12-15(18-6-4-5-7-19(18)20-16)13-21-17-10-8-14(2)9-11-17/h4-12H,3,13H2,1-2H3. The highest BCUT2D eigenvalue weighted by molar-refractivity contribution is 5.82. The van der Waals surface area contributed by atoms with E-state index >= 15 is 0 Å². The first kappa shape index (κ1) is 13.6. The van der Waals surface area contributed by atoms with Gasteiger partial charge in [-0.05, 0) is 37.6 Å². The first-order valence-corrected chi connectivity index (χ1v) is 7.33. The van der Waals surface area contributed by atoms with Crippen molar-refractivity contribution in [3.05, 3.63) is 71.4 Å². The average molecular weight is 277 g/mol. The highest BCUT2D eigenvalue weighted by Gasteiger charge is 2.05. The van der Waals surface area contributed by atoms with E-state index in [1.165, 1.54) is 16.5 Å². The van der Waals surface area contributed by atoms with Crippen LogP contribution in [0, 0.1) is 6.92 Å². The summed E-state index contributed by atoms with van der Waals surface area (Å²) < 4.78 is 5.93. The number of nitrogens with zero attached hydrogens (tertiary/aromatic N) is 1. The number of hydrogen-bond donors (Lipinski definition) is 0. The van der Waals surface area contributed by atoms with Crippen molar-refractivity contribution in [3.63, 3.8) is 0 Å². The van der Waals surface area contributed by atoms with Crippen molar-refractivity contribution in [2.75, 3.05) is 0 Å². The molecule has 2 aromatic carbocycles. The average Bonchev–Trinajstić information content (AvgIpc) is 2.53. The number of aromatic nitrogens is 1. The first-order chi connectivity index (χ1) is 10.3. The van der Waals surface area contributed by atoms with Crippen molar-refractivity contribution in [3.8, 4) is 5.75 Å². The highest BCUT2D eigenvalue weighted by Crippen LogP contribution is 2.21. The van der Waals surface area contributed by atoms with Crippen molar-refractivity contribution in [2.45, 2.75) is 26.9 Å². The third kappa shape index (κ3) is 3.05. The van der Waals surface area contributed by atoms with Gasteiger partial charge in [0.15, 0.2) is 0 Å². The van der Waals surface area contributed by atoms with Crippen LogP contribution < -0.4 is 4.74 Å². The largest absolute Gasteiger partial charge is 0.489 e. The molecule has 0 amide bonds. The van der Waals surface area contributed by atoms with E-state index in [1.807, 2.05) is 24.3 Å². The fourth-order valence-electron chi connectivity index (χ4n) is 2.40. The van der Waals surface area contributed by atoms with Gasteiger partial charge < -0.3 is 4.74 Å². The minimum absolute atomic E-state index is 0.569. The van der Waals surface area contributed by atoms with E-state index in [0.29, 0.717) is 6.61 Å². The van der Waals surface area contributed by atoms with Crippen LogP contribution in [0.4, 0.5) is 0 Å². The zero-order valence-electron chi connectivity index (χ0n) is 12.5. The molecule has 0 spiro atoms. The van der Waals surface area contributed by atoms with Crippen LogP contribution in [-0.2, 0) is 13.0 Å². The molecule has 3 aromatic rings. The summed E-state index contributed by atoms with van der Waals surface area (Å²) in [5.41, 5.74) is 4.58. The first-order valence-electron chi connectivity index (χ1n) is 7.33. The van der Waals surface area contributed by atoms with Gasteiger partial charge >= 0.3 is 0 Å². The van der Waals surface area contributed by atoms with E-state index in [0.717, 1.165) is 23.4 Å². The monoisotopic (exact) mass is 277 g/mol. The molecule has 0 aliphatic carbocycles. The van der Waals surface area contributed by atoms with Gasteiger partial charge in [-0.1, -0.05) is 42.8 Å². The molecule has 2 heteroatoms. The predicted octanol–water partition coefficient (Wildman–Crippen LogP) is 4.68. The van der Waals surface area contributed by atoms with Gasteiger partial charge in [0, 0.05) is 16.6 Å². The lowest BCUT2D eigenvalue weighted by Crippen LogP contribution is -2.00. The third-order valence-corrected chi connectivity index (χ3v) is 3.63. The van der Waals surface area contributed by atoms with Gasteiger partial charge in [0.25, 0.3) is 0 Å². The molecule has 0 saturated heterocycles. The molecule has 3 rings (SSSR count). The second-order valence-electron chi connectivity index (χ2n) is 5.25. The molecule has 0 aliphatic rings. The SMILES string of the molecule is CCc1cc(COc2ccc(C)cc2)c2ccccc2n1. The lowest BCUT2D eigenvalue weighted by atomic mass is 10.1. The Kier molecular flexibility index (Phi) is 3.87. The Hall–Kier alpha value is -2.35. The highest BCUT2D eigenvalue weighted by atomic mass is 16.5. The Balaban J connectivity index is 1.90. The number of aryl methyl sites for hydroxylation is 2. The third-order valence-electron chi connectivity index (χ3n) is 3.63. The van der Waals surface area contributed by atoms with Crippen LogP contribution in [-0.4, -0.2) is 4.98 Å². The maximum atomic E-state index is 5.93. The maximum absolute atomic E-state index is 5.93. The Morgan fingerprint density at radius 3 is 2.52 bits per heavy atom. The molecule has 0 fully saturated rings. The second-order valence-corrected chi connectivity index (χ2v) is 5.25. The fraction of sp³-hybridized carbons (Fsp3) is 0.211. The van der Waals surface area contributed by atoms with E-state index < -0.39 is 0 Å². The lowest BCUT2D eigenvalue weighted by molar-refractivity contribution is 0.307. The van der Waals surface area contributed by atoms with Gasteiger partial charge in [-0.3, -0.25) is 4.98 Å². The van der Waals surface area contributed by atoms with Gasteiger partial charge in [-0.25, -0.2) is 0 Å². The summed E-state index contributed by atoms with van der Waals surface area (Å²) in [5.74, 6) is 0.902. The summed E-state index contributed by atoms with van der Waals surface area (Å²) in [6, 6.07) is 18.5. The van der Waals surface area contributed by atoms with Crippen LogP contribution in [0.15, 0.2) is 54.6 Å². The zero-order chi connectivity index (χ0) is 14.7. The summed E-state index contributed by atoms with van der Waals surface area (Å²) >= 11 is 0. The van der Waals surface area contributed by atoms with Crippen LogP contribution in [0.1, 0.15) is 23.7 Å². The lowest BCUT2D eigenvalue weighted by Gasteiger charge is -2.11. The van der Waals surface area contributed by atoms with Crippen LogP contribution in [0.3, 0.4) is 0 Å². The molecule has 2 nitrogen and oxygen atoms in total. The number of rotatable bonds is 4. The van der Waals surface area contributed by atoms with Crippen LogP contribution in [0.25, 0.3) is 10.9 Å². The molecule has 0 radical (unpaired) electrons. The summed E-state index contributed by atoms with van der Waals surface area (Å²) in [6.45, 7) is 4.77. The van der Waals surface area contributed by atoms with Gasteiger partial charge in [0.2, 0.25) is 0 Å². The Morgan fingerprint density at radius 1 is 1.00 bits per heavy atom. The molecule has 0 aliphatic heterocycles. The molecule has 1 aromatic heterocycles. The Labute approximate surface area is 125 Å². The number of ether oxygens (including phenoxy) is 1. The van der Waals surface area contributed by atoms with Crippen LogP contribution in [0.2, 0.25) is 0 Å². The summed E-state index contributed by atoms with van der Waals surface area (Å²) in [7, 11) is 0. The summed E-state index contributed by atoms with van der Waals surface area (Å²) in [6.07, 6.45) is 0.933. The molecular formula is C19H19NO. The van der Waals surface area contributed by atoms with Crippen molar-refractivity contribution in [1.82, 2.24) is 4.98 Å². The Bertz CT molecular complexity index is 747. The molecular weight excluding hydrogens is 258 g/mol. The summed E-state index contributed by atoms with van der Waals surface area (Å²) in [4.78, 5) is 4.67. The molecule has 0 N–H and O–H groups in total. The normalized spacial score (nSPS) is 10.8. The number of fused-ring (bicyclic) bond motifs is 1. The van der Waals surface area contributed by atoms with E-state index in [1.54, 1.807) is 0 Å². The molecule has 0 atom stereocenters. The van der Waals surface area contributed by atoms with Gasteiger partial charge in [0.1, 0.15) is 12.4 Å². The van der Waals surface area contributed by atoms with Gasteiger partial charge in [0.05, 0.1) is 5.52 Å². The van der Waals surface area contributed by atoms with Crippen molar-refractivity contribution in [1.29, 1.82) is 0 Å². The minimum atomic E-state index is 0.569. The topological polar surface area (TPSA) is 22.1 Å². The maximum Gasteiger partial charge on any atom is 0.119 e. The quantitative estimate of drug-likeness (QED) is 0.690.